The number of thioether (sulfide) groups is 1. The van der Waals surface area contributed by atoms with E-state index < -0.39 is 0 Å². The first-order valence-electron chi connectivity index (χ1n) is 9.98. The highest BCUT2D eigenvalue weighted by Crippen LogP contribution is 2.33. The number of nitrogens with zero attached hydrogens (tertiary/aromatic N) is 3. The Morgan fingerprint density at radius 1 is 1.22 bits per heavy atom. The van der Waals surface area contributed by atoms with E-state index in [1.54, 1.807) is 17.0 Å². The summed E-state index contributed by atoms with van der Waals surface area (Å²) < 4.78 is 6.77. The molecule has 2 aromatic carbocycles. The molecule has 8 nitrogen and oxygen atoms in total. The molecule has 0 radical (unpaired) electrons. The molecule has 0 atom stereocenters. The van der Waals surface area contributed by atoms with Gasteiger partial charge < -0.3 is 15.1 Å². The van der Waals surface area contributed by atoms with E-state index in [2.05, 4.69) is 20.8 Å². The van der Waals surface area contributed by atoms with Crippen LogP contribution >= 0.6 is 23.1 Å². The topological polar surface area (TPSA) is 100 Å². The number of amides is 3. The molecule has 2 N–H and O–H groups in total. The van der Waals surface area contributed by atoms with Gasteiger partial charge >= 0.3 is 6.03 Å². The maximum Gasteiger partial charge on any atom is 0.321 e. The first-order valence-corrected chi connectivity index (χ1v) is 11.8. The molecule has 1 saturated heterocycles. The van der Waals surface area contributed by atoms with E-state index in [0.29, 0.717) is 30.1 Å². The number of anilines is 2. The lowest BCUT2D eigenvalue weighted by Gasteiger charge is -2.14. The molecule has 162 valence electrons. The summed E-state index contributed by atoms with van der Waals surface area (Å²) in [6, 6.07) is 14.7. The van der Waals surface area contributed by atoms with E-state index >= 15 is 0 Å². The molecule has 4 aromatic rings. The number of benzene rings is 2. The second-order valence-corrected chi connectivity index (χ2v) is 9.57. The first-order chi connectivity index (χ1) is 15.6. The predicted octanol–water partition coefficient (Wildman–Crippen LogP) is 4.67. The summed E-state index contributed by atoms with van der Waals surface area (Å²) in [6.07, 6.45) is 0. The molecule has 0 bridgehead atoms. The van der Waals surface area contributed by atoms with Crippen molar-refractivity contribution in [3.8, 4) is 0 Å². The van der Waals surface area contributed by atoms with Gasteiger partial charge in [-0.25, -0.2) is 4.79 Å². The summed E-state index contributed by atoms with van der Waals surface area (Å²) in [5.41, 5.74) is 2.89. The highest BCUT2D eigenvalue weighted by Gasteiger charge is 2.23. The van der Waals surface area contributed by atoms with Crippen molar-refractivity contribution in [1.29, 1.82) is 0 Å². The van der Waals surface area contributed by atoms with Gasteiger partial charge in [0.25, 0.3) is 5.91 Å². The molecule has 10 heteroatoms. The highest BCUT2D eigenvalue weighted by molar-refractivity contribution is 8.00. The van der Waals surface area contributed by atoms with Crippen molar-refractivity contribution in [2.75, 3.05) is 23.3 Å². The molecule has 32 heavy (non-hydrogen) atoms. The number of aryl methyl sites for hydroxylation is 1. The van der Waals surface area contributed by atoms with E-state index in [-0.39, 0.29) is 17.7 Å². The summed E-state index contributed by atoms with van der Waals surface area (Å²) >= 11 is 3.05. The van der Waals surface area contributed by atoms with Gasteiger partial charge in [0.1, 0.15) is 10.6 Å². The molecule has 3 amide bonds. The van der Waals surface area contributed by atoms with Gasteiger partial charge in [-0.05, 0) is 37.3 Å². The smallest absolute Gasteiger partial charge is 0.321 e. The van der Waals surface area contributed by atoms with Crippen LogP contribution in [-0.4, -0.2) is 35.2 Å². The molecule has 0 spiro atoms. The first kappa shape index (κ1) is 20.5. The Kier molecular flexibility index (Phi) is 5.54. The van der Waals surface area contributed by atoms with E-state index in [0.717, 1.165) is 26.0 Å². The molecule has 1 fully saturated rings. The molecule has 2 aromatic heterocycles. The van der Waals surface area contributed by atoms with Gasteiger partial charge in [0, 0.05) is 41.2 Å². The van der Waals surface area contributed by atoms with Crippen LogP contribution in [0.25, 0.3) is 11.0 Å². The van der Waals surface area contributed by atoms with E-state index in [1.165, 1.54) is 23.1 Å². The molecule has 3 heterocycles. The summed E-state index contributed by atoms with van der Waals surface area (Å²) in [5.74, 6) is 0.497. The van der Waals surface area contributed by atoms with Crippen molar-refractivity contribution >= 4 is 57.4 Å². The third-order valence-electron chi connectivity index (χ3n) is 5.05. The second-order valence-electron chi connectivity index (χ2n) is 7.17. The molecular weight excluding hydrogens is 446 g/mol. The zero-order valence-corrected chi connectivity index (χ0v) is 18.8. The van der Waals surface area contributed by atoms with Gasteiger partial charge in [-0.15, -0.1) is 10.2 Å². The van der Waals surface area contributed by atoms with Crippen molar-refractivity contribution in [2.24, 2.45) is 0 Å². The number of para-hydroxylation sites is 1. The fourth-order valence-corrected chi connectivity index (χ4v) is 5.37. The van der Waals surface area contributed by atoms with Crippen LogP contribution in [0.5, 0.6) is 0 Å². The number of carbonyl (C=O) groups is 2. The Hall–Kier alpha value is -3.37. The Bertz CT molecular complexity index is 1300. The zero-order valence-electron chi connectivity index (χ0n) is 17.1. The van der Waals surface area contributed by atoms with E-state index in [4.69, 9.17) is 4.42 Å². The van der Waals surface area contributed by atoms with Crippen molar-refractivity contribution in [3.05, 3.63) is 64.9 Å². The lowest BCUT2D eigenvalue weighted by molar-refractivity contribution is 0.0998. The number of carbonyl (C=O) groups excluding carboxylic acids is 2. The molecule has 0 unspecified atom stereocenters. The van der Waals surface area contributed by atoms with Gasteiger partial charge in [0.05, 0.1) is 0 Å². The van der Waals surface area contributed by atoms with Gasteiger partial charge in [-0.2, -0.15) is 0 Å². The van der Waals surface area contributed by atoms with Crippen LogP contribution in [0.4, 0.5) is 16.2 Å². The Morgan fingerprint density at radius 2 is 2.03 bits per heavy atom. The van der Waals surface area contributed by atoms with Gasteiger partial charge in [-0.3, -0.25) is 9.69 Å². The summed E-state index contributed by atoms with van der Waals surface area (Å²) in [4.78, 5) is 26.6. The third-order valence-corrected chi connectivity index (χ3v) is 7.04. The molecule has 1 aliphatic heterocycles. The third kappa shape index (κ3) is 4.06. The van der Waals surface area contributed by atoms with Gasteiger partial charge in [-0.1, -0.05) is 41.3 Å². The normalized spacial score (nSPS) is 13.5. The van der Waals surface area contributed by atoms with Crippen LogP contribution < -0.4 is 15.5 Å². The Balaban J connectivity index is 1.37. The number of fused-ring (bicyclic) bond motifs is 1. The maximum atomic E-state index is 13.1. The number of furan rings is 1. The van der Waals surface area contributed by atoms with Crippen molar-refractivity contribution in [2.45, 2.75) is 17.0 Å². The van der Waals surface area contributed by atoms with Gasteiger partial charge in [0.15, 0.2) is 10.1 Å². The Morgan fingerprint density at radius 3 is 2.75 bits per heavy atom. The summed E-state index contributed by atoms with van der Waals surface area (Å²) in [6.45, 7) is 3.16. The standard InChI is InChI=1S/C22H19N5O3S2/c1-13-25-26-22(32-13)31-12-17-16-4-2-3-5-18(16)30-19(17)20(28)24-14-6-8-15(9-7-14)27-11-10-23-21(27)29/h2-9H,10-12H2,1H3,(H,23,29)(H,24,28). The highest BCUT2D eigenvalue weighted by atomic mass is 32.2. The Labute approximate surface area is 192 Å². The van der Waals surface area contributed by atoms with E-state index in [9.17, 15) is 9.59 Å². The van der Waals surface area contributed by atoms with Gasteiger partial charge in [0.2, 0.25) is 0 Å². The van der Waals surface area contributed by atoms with Crippen molar-refractivity contribution in [1.82, 2.24) is 15.5 Å². The SMILES string of the molecule is Cc1nnc(SCc2c(C(=O)Nc3ccc(N4CCNC4=O)cc3)oc3ccccc23)s1. The number of urea groups is 1. The lowest BCUT2D eigenvalue weighted by Crippen LogP contribution is -2.27. The zero-order chi connectivity index (χ0) is 22.1. The molecule has 1 aliphatic rings. The van der Waals surface area contributed by atoms with Crippen LogP contribution in [-0.2, 0) is 5.75 Å². The monoisotopic (exact) mass is 465 g/mol. The maximum absolute atomic E-state index is 13.1. The summed E-state index contributed by atoms with van der Waals surface area (Å²) in [5, 5.41) is 15.7. The second kappa shape index (κ2) is 8.64. The van der Waals surface area contributed by atoms with Crippen LogP contribution in [0.2, 0.25) is 0 Å². The summed E-state index contributed by atoms with van der Waals surface area (Å²) in [7, 11) is 0. The number of rotatable bonds is 6. The molecule has 0 saturated carbocycles. The fraction of sp³-hybridized carbons (Fsp3) is 0.182. The molecule has 5 rings (SSSR count). The number of hydrogen-bond donors (Lipinski definition) is 2. The largest absolute Gasteiger partial charge is 0.451 e. The van der Waals surface area contributed by atoms with E-state index in [1.807, 2.05) is 43.3 Å². The van der Waals surface area contributed by atoms with Crippen LogP contribution in [0, 0.1) is 6.92 Å². The number of hydrogen-bond acceptors (Lipinski definition) is 7. The van der Waals surface area contributed by atoms with Crippen LogP contribution in [0.15, 0.2) is 57.3 Å². The van der Waals surface area contributed by atoms with Crippen molar-refractivity contribution < 1.29 is 14.0 Å². The average Bonchev–Trinajstić information content (AvgIpc) is 3.51. The minimum atomic E-state index is -0.322. The average molecular weight is 466 g/mol. The number of nitrogens with one attached hydrogen (secondary N) is 2. The minimum Gasteiger partial charge on any atom is -0.451 e. The molecule has 0 aliphatic carbocycles. The lowest BCUT2D eigenvalue weighted by atomic mass is 10.1. The fourth-order valence-electron chi connectivity index (χ4n) is 3.53. The predicted molar refractivity (Wildman–Crippen MR) is 126 cm³/mol. The van der Waals surface area contributed by atoms with Crippen LogP contribution in [0.3, 0.4) is 0 Å². The number of aromatic nitrogens is 2. The quantitative estimate of drug-likeness (QED) is 0.402. The van der Waals surface area contributed by atoms with Crippen LogP contribution in [0.1, 0.15) is 21.1 Å². The molecular formula is C22H19N5O3S2. The van der Waals surface area contributed by atoms with Crippen molar-refractivity contribution in [3.63, 3.8) is 0 Å². The minimum absolute atomic E-state index is 0.114.